The highest BCUT2D eigenvalue weighted by molar-refractivity contribution is 7.16. The van der Waals surface area contributed by atoms with Crippen LogP contribution in [0.5, 0.6) is 0 Å². The molecular formula is C21H20Cl2F3NO3S. The third-order valence-corrected chi connectivity index (χ3v) is 7.11. The predicted octanol–water partition coefficient (Wildman–Crippen LogP) is 6.94. The predicted molar refractivity (Wildman–Crippen MR) is 115 cm³/mol. The SMILES string of the molecule is C[C@H]([C@H](C(=O)Nc1cc([C@@H](CC(=O)O)C2CC2)ccc1Cl)c1ccc(Cl)s1)C(F)(F)F. The van der Waals surface area contributed by atoms with Crippen LogP contribution in [-0.4, -0.2) is 23.2 Å². The number of benzene rings is 1. The maximum Gasteiger partial charge on any atom is 0.392 e. The van der Waals surface area contributed by atoms with E-state index < -0.39 is 29.9 Å². The average molecular weight is 494 g/mol. The van der Waals surface area contributed by atoms with Crippen molar-refractivity contribution in [3.8, 4) is 0 Å². The minimum Gasteiger partial charge on any atom is -0.481 e. The van der Waals surface area contributed by atoms with Gasteiger partial charge in [-0.2, -0.15) is 13.2 Å². The fraction of sp³-hybridized carbons (Fsp3) is 0.429. The molecule has 1 fully saturated rings. The van der Waals surface area contributed by atoms with Crippen LogP contribution in [-0.2, 0) is 9.59 Å². The number of carboxylic acids is 1. The van der Waals surface area contributed by atoms with Crippen LogP contribution in [0, 0.1) is 11.8 Å². The van der Waals surface area contributed by atoms with E-state index in [2.05, 4.69) is 5.32 Å². The molecular weight excluding hydrogens is 474 g/mol. The van der Waals surface area contributed by atoms with Crippen molar-refractivity contribution in [2.45, 2.75) is 44.2 Å². The molecule has 1 aromatic carbocycles. The Labute approximate surface area is 191 Å². The Morgan fingerprint density at radius 1 is 1.23 bits per heavy atom. The molecule has 1 amide bonds. The zero-order valence-electron chi connectivity index (χ0n) is 16.4. The summed E-state index contributed by atoms with van der Waals surface area (Å²) in [4.78, 5) is 24.4. The number of anilines is 1. The summed E-state index contributed by atoms with van der Waals surface area (Å²) in [6, 6.07) is 7.63. The number of thiophene rings is 1. The van der Waals surface area contributed by atoms with Crippen LogP contribution in [0.1, 0.15) is 48.5 Å². The lowest BCUT2D eigenvalue weighted by molar-refractivity contribution is -0.177. The highest BCUT2D eigenvalue weighted by atomic mass is 35.5. The summed E-state index contributed by atoms with van der Waals surface area (Å²) in [5, 5.41) is 11.9. The number of amides is 1. The minimum absolute atomic E-state index is 0.0683. The van der Waals surface area contributed by atoms with E-state index in [1.54, 1.807) is 12.1 Å². The van der Waals surface area contributed by atoms with E-state index in [1.807, 2.05) is 0 Å². The van der Waals surface area contributed by atoms with Gasteiger partial charge in [0, 0.05) is 4.88 Å². The average Bonchev–Trinajstić information content (AvgIpc) is 3.42. The number of alkyl halides is 3. The number of nitrogens with one attached hydrogen (secondary N) is 1. The van der Waals surface area contributed by atoms with Gasteiger partial charge in [0.15, 0.2) is 0 Å². The molecule has 31 heavy (non-hydrogen) atoms. The van der Waals surface area contributed by atoms with Gasteiger partial charge in [0.05, 0.1) is 33.3 Å². The number of rotatable bonds is 8. The number of hydrogen-bond donors (Lipinski definition) is 2. The molecule has 1 aromatic heterocycles. The Bertz CT molecular complexity index is 975. The Morgan fingerprint density at radius 3 is 2.42 bits per heavy atom. The van der Waals surface area contributed by atoms with Gasteiger partial charge in [-0.1, -0.05) is 36.2 Å². The van der Waals surface area contributed by atoms with Crippen molar-refractivity contribution in [2.75, 3.05) is 5.32 Å². The van der Waals surface area contributed by atoms with E-state index in [4.69, 9.17) is 23.2 Å². The molecule has 1 aliphatic rings. The van der Waals surface area contributed by atoms with Gasteiger partial charge in [0.2, 0.25) is 5.91 Å². The lowest BCUT2D eigenvalue weighted by Gasteiger charge is -2.25. The molecule has 10 heteroatoms. The van der Waals surface area contributed by atoms with Crippen molar-refractivity contribution in [2.24, 2.45) is 11.8 Å². The van der Waals surface area contributed by atoms with E-state index in [-0.39, 0.29) is 38.2 Å². The van der Waals surface area contributed by atoms with E-state index in [9.17, 15) is 27.9 Å². The number of hydrogen-bond acceptors (Lipinski definition) is 3. The van der Waals surface area contributed by atoms with Crippen LogP contribution in [0.2, 0.25) is 9.36 Å². The Morgan fingerprint density at radius 2 is 1.90 bits per heavy atom. The lowest BCUT2D eigenvalue weighted by Crippen LogP contribution is -2.34. The molecule has 0 saturated heterocycles. The maximum absolute atomic E-state index is 13.5. The minimum atomic E-state index is -4.59. The molecule has 0 bridgehead atoms. The molecule has 1 heterocycles. The number of carbonyl (C=O) groups is 2. The monoisotopic (exact) mass is 493 g/mol. The Balaban J connectivity index is 1.90. The van der Waals surface area contributed by atoms with Gasteiger partial charge in [-0.15, -0.1) is 11.3 Å². The summed E-state index contributed by atoms with van der Waals surface area (Å²) in [5.74, 6) is -5.26. The van der Waals surface area contributed by atoms with Gasteiger partial charge >= 0.3 is 12.1 Å². The van der Waals surface area contributed by atoms with Crippen LogP contribution >= 0.6 is 34.5 Å². The maximum atomic E-state index is 13.5. The first-order valence-corrected chi connectivity index (χ1v) is 11.2. The van der Waals surface area contributed by atoms with E-state index in [0.29, 0.717) is 5.56 Å². The van der Waals surface area contributed by atoms with Crippen molar-refractivity contribution in [1.29, 1.82) is 0 Å². The largest absolute Gasteiger partial charge is 0.481 e. The molecule has 168 valence electrons. The first-order valence-electron chi connectivity index (χ1n) is 9.61. The van der Waals surface area contributed by atoms with E-state index >= 15 is 0 Å². The Hall–Kier alpha value is -1.77. The quantitative estimate of drug-likeness (QED) is 0.418. The van der Waals surface area contributed by atoms with Crippen LogP contribution in [0.15, 0.2) is 30.3 Å². The van der Waals surface area contributed by atoms with E-state index in [1.165, 1.54) is 18.2 Å². The smallest absolute Gasteiger partial charge is 0.392 e. The molecule has 0 radical (unpaired) electrons. The number of carboxylic acid groups (broad SMARTS) is 1. The third kappa shape index (κ3) is 5.93. The first kappa shape index (κ1) is 23.9. The second-order valence-electron chi connectivity index (χ2n) is 7.72. The van der Waals surface area contributed by atoms with Crippen molar-refractivity contribution in [1.82, 2.24) is 0 Å². The van der Waals surface area contributed by atoms with Crippen LogP contribution in [0.4, 0.5) is 18.9 Å². The summed E-state index contributed by atoms with van der Waals surface area (Å²) >= 11 is 13.0. The van der Waals surface area contributed by atoms with Crippen LogP contribution in [0.3, 0.4) is 0 Å². The summed E-state index contributed by atoms with van der Waals surface area (Å²) < 4.78 is 40.7. The first-order chi connectivity index (χ1) is 14.5. The van der Waals surface area contributed by atoms with Crippen LogP contribution in [0.25, 0.3) is 0 Å². The van der Waals surface area contributed by atoms with Gasteiger partial charge in [-0.05, 0) is 54.5 Å². The highest BCUT2D eigenvalue weighted by Crippen LogP contribution is 2.46. The molecule has 0 unspecified atom stereocenters. The zero-order chi connectivity index (χ0) is 22.9. The second-order valence-corrected chi connectivity index (χ2v) is 9.87. The number of aliphatic carboxylic acids is 1. The van der Waals surface area contributed by atoms with Gasteiger partial charge < -0.3 is 10.4 Å². The van der Waals surface area contributed by atoms with Crippen molar-refractivity contribution in [3.63, 3.8) is 0 Å². The second kappa shape index (κ2) is 9.38. The molecule has 2 N–H and O–H groups in total. The van der Waals surface area contributed by atoms with Gasteiger partial charge in [0.1, 0.15) is 0 Å². The summed E-state index contributed by atoms with van der Waals surface area (Å²) in [7, 11) is 0. The molecule has 3 atom stereocenters. The highest BCUT2D eigenvalue weighted by Gasteiger charge is 2.45. The zero-order valence-corrected chi connectivity index (χ0v) is 18.7. The van der Waals surface area contributed by atoms with Crippen molar-refractivity contribution >= 4 is 52.1 Å². The summed E-state index contributed by atoms with van der Waals surface area (Å²) in [6.07, 6.45) is -2.84. The normalized spacial score (nSPS) is 17.1. The lowest BCUT2D eigenvalue weighted by atomic mass is 9.89. The van der Waals surface area contributed by atoms with Gasteiger partial charge in [0.25, 0.3) is 0 Å². The molecule has 1 aliphatic carbocycles. The van der Waals surface area contributed by atoms with Crippen LogP contribution < -0.4 is 5.32 Å². The fourth-order valence-electron chi connectivity index (χ4n) is 3.61. The molecule has 0 aliphatic heterocycles. The standard InChI is InChI=1S/C21H20Cl2F3NO3S/c1-10(21(24,25)26)19(16-6-7-17(23)31-16)20(30)27-15-8-12(4-5-14(15)22)13(9-18(28)29)11-2-3-11/h4-8,10-11,13,19H,2-3,9H2,1H3,(H,27,30)(H,28,29)/t10-,13+,19+/m1/s1. The molecule has 2 aromatic rings. The number of carbonyl (C=O) groups excluding carboxylic acids is 1. The molecule has 4 nitrogen and oxygen atoms in total. The van der Waals surface area contributed by atoms with Gasteiger partial charge in [-0.25, -0.2) is 0 Å². The summed E-state index contributed by atoms with van der Waals surface area (Å²) in [6.45, 7) is 0.950. The molecule has 0 spiro atoms. The van der Waals surface area contributed by atoms with E-state index in [0.717, 1.165) is 31.1 Å². The fourth-order valence-corrected chi connectivity index (χ4v) is 5.04. The third-order valence-electron chi connectivity index (χ3n) is 5.46. The molecule has 3 rings (SSSR count). The topological polar surface area (TPSA) is 66.4 Å². The Kier molecular flexibility index (Phi) is 7.23. The van der Waals surface area contributed by atoms with Crippen molar-refractivity contribution < 1.29 is 27.9 Å². The van der Waals surface area contributed by atoms with Gasteiger partial charge in [-0.3, -0.25) is 9.59 Å². The van der Waals surface area contributed by atoms with Crippen molar-refractivity contribution in [3.05, 3.63) is 50.1 Å². The molecule has 1 saturated carbocycles. The number of halogens is 5. The summed E-state index contributed by atoms with van der Waals surface area (Å²) in [5.41, 5.74) is 0.839.